The van der Waals surface area contributed by atoms with Gasteiger partial charge in [0.05, 0.1) is 14.2 Å². The van der Waals surface area contributed by atoms with E-state index in [2.05, 4.69) is 23.1 Å². The molecule has 4 nitrogen and oxygen atoms in total. The lowest BCUT2D eigenvalue weighted by Gasteiger charge is -2.38. The van der Waals surface area contributed by atoms with Gasteiger partial charge in [-0.15, -0.1) is 0 Å². The van der Waals surface area contributed by atoms with Crippen molar-refractivity contribution in [2.45, 2.75) is 12.5 Å². The minimum Gasteiger partial charge on any atom is -0.497 e. The lowest BCUT2D eigenvalue weighted by molar-refractivity contribution is -0.142. The fraction of sp³-hybridized carbons (Fsp3) is 0.160. The van der Waals surface area contributed by atoms with Crippen LogP contribution in [0.5, 0.6) is 5.75 Å². The summed E-state index contributed by atoms with van der Waals surface area (Å²) in [5.74, 6) is 0.497. The Kier molecular flexibility index (Phi) is 5.34. The molecule has 0 radical (unpaired) electrons. The summed E-state index contributed by atoms with van der Waals surface area (Å²) in [4.78, 5) is 15.1. The first kappa shape index (κ1) is 18.8. The van der Waals surface area contributed by atoms with E-state index in [-0.39, 0.29) is 5.97 Å². The van der Waals surface area contributed by atoms with Crippen molar-refractivity contribution in [3.63, 3.8) is 0 Å². The fourth-order valence-electron chi connectivity index (χ4n) is 3.79. The molecule has 0 aliphatic carbocycles. The molecule has 1 atom stereocenters. The fourth-order valence-corrected chi connectivity index (χ4v) is 3.79. The van der Waals surface area contributed by atoms with Crippen LogP contribution in [0.1, 0.15) is 22.7 Å². The van der Waals surface area contributed by atoms with Gasteiger partial charge in [0.15, 0.2) is 6.04 Å². The molecule has 0 saturated heterocycles. The molecule has 1 aliphatic heterocycles. The number of carbonyl (C=O) groups is 1. The Labute approximate surface area is 171 Å². The standard InChI is InChI=1S/C25H23NO3/c1-28-21-15-12-19(13-16-21)23-17-14-18-8-6-7-11-22(18)26(23)24(25(27)29-2)20-9-4-3-5-10-20/h3-13,15-17,24H,14H2,1-2H3/t24-/m1/s1. The van der Waals surface area contributed by atoms with Crippen LogP contribution in [-0.4, -0.2) is 20.2 Å². The van der Waals surface area contributed by atoms with E-state index >= 15 is 0 Å². The number of fused-ring (bicyclic) bond motifs is 1. The Balaban J connectivity index is 1.88. The second kappa shape index (κ2) is 8.23. The molecule has 0 amide bonds. The smallest absolute Gasteiger partial charge is 0.333 e. The monoisotopic (exact) mass is 385 g/mol. The van der Waals surface area contributed by atoms with Gasteiger partial charge in [-0.3, -0.25) is 0 Å². The minimum absolute atomic E-state index is 0.299. The van der Waals surface area contributed by atoms with Gasteiger partial charge in [-0.05, 0) is 53.4 Å². The van der Waals surface area contributed by atoms with Crippen LogP contribution < -0.4 is 9.64 Å². The second-order valence-corrected chi connectivity index (χ2v) is 6.86. The molecule has 3 aromatic rings. The van der Waals surface area contributed by atoms with Crippen molar-refractivity contribution < 1.29 is 14.3 Å². The topological polar surface area (TPSA) is 38.8 Å². The Hall–Kier alpha value is -3.53. The van der Waals surface area contributed by atoms with E-state index in [1.807, 2.05) is 66.7 Å². The van der Waals surface area contributed by atoms with Gasteiger partial charge in [-0.2, -0.15) is 0 Å². The first-order chi connectivity index (χ1) is 14.2. The summed E-state index contributed by atoms with van der Waals surface area (Å²) in [6, 6.07) is 25.3. The zero-order chi connectivity index (χ0) is 20.2. The van der Waals surface area contributed by atoms with Gasteiger partial charge in [-0.25, -0.2) is 4.79 Å². The number of allylic oxidation sites excluding steroid dienone is 1. The predicted octanol–water partition coefficient (Wildman–Crippen LogP) is 5.01. The van der Waals surface area contributed by atoms with Gasteiger partial charge in [0.2, 0.25) is 0 Å². The highest BCUT2D eigenvalue weighted by Crippen LogP contribution is 2.41. The molecule has 0 fully saturated rings. The van der Waals surface area contributed by atoms with E-state index < -0.39 is 6.04 Å². The third kappa shape index (κ3) is 3.61. The van der Waals surface area contributed by atoms with Crippen molar-refractivity contribution in [1.82, 2.24) is 0 Å². The molecule has 3 aromatic carbocycles. The second-order valence-electron chi connectivity index (χ2n) is 6.86. The van der Waals surface area contributed by atoms with Gasteiger partial charge in [-0.1, -0.05) is 54.6 Å². The molecule has 1 aliphatic rings. The first-order valence-electron chi connectivity index (χ1n) is 9.57. The van der Waals surface area contributed by atoms with Crippen LogP contribution in [-0.2, 0) is 16.0 Å². The Morgan fingerprint density at radius 2 is 1.59 bits per heavy atom. The summed E-state index contributed by atoms with van der Waals surface area (Å²) >= 11 is 0. The normalized spacial score (nSPS) is 13.9. The summed E-state index contributed by atoms with van der Waals surface area (Å²) < 4.78 is 10.5. The van der Waals surface area contributed by atoms with E-state index in [0.717, 1.165) is 34.7 Å². The maximum atomic E-state index is 13.0. The third-order valence-electron chi connectivity index (χ3n) is 5.21. The summed E-state index contributed by atoms with van der Waals surface area (Å²) in [5, 5.41) is 0. The summed E-state index contributed by atoms with van der Waals surface area (Å²) in [7, 11) is 3.09. The zero-order valence-electron chi connectivity index (χ0n) is 16.5. The summed E-state index contributed by atoms with van der Waals surface area (Å²) in [6.45, 7) is 0. The molecule has 4 rings (SSSR count). The highest BCUT2D eigenvalue weighted by molar-refractivity contribution is 5.92. The number of rotatable bonds is 5. The van der Waals surface area contributed by atoms with Gasteiger partial charge in [0.1, 0.15) is 5.75 Å². The molecule has 29 heavy (non-hydrogen) atoms. The van der Waals surface area contributed by atoms with Crippen LogP contribution in [0, 0.1) is 0 Å². The van der Waals surface area contributed by atoms with Crippen LogP contribution in [0.25, 0.3) is 5.70 Å². The number of carbonyl (C=O) groups excluding carboxylic acids is 1. The Morgan fingerprint density at radius 1 is 0.897 bits per heavy atom. The highest BCUT2D eigenvalue weighted by Gasteiger charge is 2.34. The molecule has 0 unspecified atom stereocenters. The lowest BCUT2D eigenvalue weighted by atomic mass is 9.94. The summed E-state index contributed by atoms with van der Waals surface area (Å²) in [6.07, 6.45) is 2.97. The van der Waals surface area contributed by atoms with E-state index in [4.69, 9.17) is 9.47 Å². The molecule has 0 spiro atoms. The Bertz CT molecular complexity index is 1030. The molecule has 0 saturated carbocycles. The van der Waals surface area contributed by atoms with Gasteiger partial charge < -0.3 is 14.4 Å². The number of ether oxygens (including phenoxy) is 2. The average molecular weight is 385 g/mol. The first-order valence-corrected chi connectivity index (χ1v) is 9.57. The van der Waals surface area contributed by atoms with Crippen molar-refractivity contribution in [3.8, 4) is 5.75 Å². The van der Waals surface area contributed by atoms with Crippen LogP contribution >= 0.6 is 0 Å². The van der Waals surface area contributed by atoms with E-state index in [9.17, 15) is 4.79 Å². The van der Waals surface area contributed by atoms with Crippen molar-refractivity contribution in [3.05, 3.63) is 102 Å². The Morgan fingerprint density at radius 3 is 2.28 bits per heavy atom. The number of nitrogens with zero attached hydrogens (tertiary/aromatic N) is 1. The van der Waals surface area contributed by atoms with E-state index in [1.165, 1.54) is 12.7 Å². The van der Waals surface area contributed by atoms with Crippen molar-refractivity contribution in [2.24, 2.45) is 0 Å². The number of anilines is 1. The summed E-state index contributed by atoms with van der Waals surface area (Å²) in [5.41, 5.74) is 5.07. The van der Waals surface area contributed by atoms with E-state index in [1.54, 1.807) is 7.11 Å². The maximum absolute atomic E-state index is 13.0. The maximum Gasteiger partial charge on any atom is 0.333 e. The van der Waals surface area contributed by atoms with Crippen LogP contribution in [0.3, 0.4) is 0 Å². The zero-order valence-corrected chi connectivity index (χ0v) is 16.5. The molecular formula is C25H23NO3. The SMILES string of the molecule is COC(=O)[C@@H](c1ccccc1)N1C(c2ccc(OC)cc2)=CCc2ccccc21. The highest BCUT2D eigenvalue weighted by atomic mass is 16.5. The molecule has 146 valence electrons. The average Bonchev–Trinajstić information content (AvgIpc) is 2.80. The van der Waals surface area contributed by atoms with Gasteiger partial charge in [0.25, 0.3) is 0 Å². The third-order valence-corrected chi connectivity index (χ3v) is 5.21. The molecule has 0 bridgehead atoms. The molecular weight excluding hydrogens is 362 g/mol. The number of hydrogen-bond donors (Lipinski definition) is 0. The minimum atomic E-state index is -0.587. The predicted molar refractivity (Wildman–Crippen MR) is 115 cm³/mol. The molecule has 0 aromatic heterocycles. The number of esters is 1. The van der Waals surface area contributed by atoms with Crippen LogP contribution in [0.4, 0.5) is 5.69 Å². The van der Waals surface area contributed by atoms with Crippen molar-refractivity contribution >= 4 is 17.4 Å². The van der Waals surface area contributed by atoms with E-state index in [0.29, 0.717) is 0 Å². The van der Waals surface area contributed by atoms with Crippen molar-refractivity contribution in [1.29, 1.82) is 0 Å². The number of hydrogen-bond acceptors (Lipinski definition) is 4. The van der Waals surface area contributed by atoms with Crippen molar-refractivity contribution in [2.75, 3.05) is 19.1 Å². The largest absolute Gasteiger partial charge is 0.497 e. The van der Waals surface area contributed by atoms with Gasteiger partial charge in [0, 0.05) is 11.4 Å². The van der Waals surface area contributed by atoms with Crippen LogP contribution in [0.2, 0.25) is 0 Å². The molecule has 1 heterocycles. The number of methoxy groups -OCH3 is 2. The van der Waals surface area contributed by atoms with Crippen LogP contribution in [0.15, 0.2) is 84.9 Å². The van der Waals surface area contributed by atoms with Gasteiger partial charge >= 0.3 is 5.97 Å². The molecule has 0 N–H and O–H groups in total. The lowest BCUT2D eigenvalue weighted by Crippen LogP contribution is -2.35. The molecule has 4 heteroatoms. The number of benzene rings is 3. The number of para-hydroxylation sites is 1. The quantitative estimate of drug-likeness (QED) is 0.579.